The molecule has 0 spiro atoms. The molecule has 2 aromatic heterocycles. The third-order valence-corrected chi connectivity index (χ3v) is 2.95. The van der Waals surface area contributed by atoms with Crippen molar-refractivity contribution < 1.29 is 9.90 Å². The molecule has 18 heavy (non-hydrogen) atoms. The largest absolute Gasteiger partial charge is 0.478 e. The van der Waals surface area contributed by atoms with E-state index in [0.29, 0.717) is 11.5 Å². The van der Waals surface area contributed by atoms with Gasteiger partial charge >= 0.3 is 5.97 Å². The summed E-state index contributed by atoms with van der Waals surface area (Å²) in [4.78, 5) is 23.6. The Morgan fingerprint density at radius 3 is 2.61 bits per heavy atom. The molecular weight excluding hydrogens is 230 g/mol. The first-order valence-corrected chi connectivity index (χ1v) is 5.76. The zero-order valence-corrected chi connectivity index (χ0v) is 9.58. The first-order valence-electron chi connectivity index (χ1n) is 5.76. The Labute approximate surface area is 104 Å². The second-order valence-electron chi connectivity index (χ2n) is 4.31. The van der Waals surface area contributed by atoms with Crippen LogP contribution >= 0.6 is 0 Å². The molecule has 0 saturated heterocycles. The highest BCUT2D eigenvalue weighted by atomic mass is 16.4. The smallest absolute Gasteiger partial charge is 0.339 e. The molecular formula is C13H11N3O2. The molecule has 2 heterocycles. The molecule has 1 aliphatic carbocycles. The van der Waals surface area contributed by atoms with E-state index in [-0.39, 0.29) is 11.5 Å². The molecule has 0 aliphatic heterocycles. The van der Waals surface area contributed by atoms with Crippen LogP contribution in [0.5, 0.6) is 0 Å². The Kier molecular flexibility index (Phi) is 2.51. The van der Waals surface area contributed by atoms with Crippen LogP contribution in [0.15, 0.2) is 30.7 Å². The number of carbonyl (C=O) groups is 1. The fraction of sp³-hybridized carbons (Fsp3) is 0.231. The normalized spacial score (nSPS) is 14.4. The lowest BCUT2D eigenvalue weighted by Gasteiger charge is -2.06. The highest BCUT2D eigenvalue weighted by Crippen LogP contribution is 2.40. The summed E-state index contributed by atoms with van der Waals surface area (Å²) in [6.07, 6.45) is 6.75. The molecule has 0 aromatic carbocycles. The topological polar surface area (TPSA) is 76.0 Å². The maximum absolute atomic E-state index is 11.1. The molecule has 1 N–H and O–H groups in total. The van der Waals surface area contributed by atoms with Gasteiger partial charge in [-0.2, -0.15) is 0 Å². The molecule has 1 aliphatic rings. The number of pyridine rings is 1. The van der Waals surface area contributed by atoms with Crippen molar-refractivity contribution >= 4 is 5.97 Å². The van der Waals surface area contributed by atoms with Crippen LogP contribution in [0.25, 0.3) is 11.4 Å². The van der Waals surface area contributed by atoms with Crippen LogP contribution in [-0.4, -0.2) is 26.0 Å². The summed E-state index contributed by atoms with van der Waals surface area (Å²) in [5.74, 6) is -0.123. The minimum absolute atomic E-state index is 0.218. The third-order valence-electron chi connectivity index (χ3n) is 2.95. The van der Waals surface area contributed by atoms with Crippen LogP contribution in [0.4, 0.5) is 0 Å². The number of rotatable bonds is 3. The predicted molar refractivity (Wildman–Crippen MR) is 64.2 cm³/mol. The van der Waals surface area contributed by atoms with Crippen molar-refractivity contribution in [2.75, 3.05) is 0 Å². The maximum Gasteiger partial charge on any atom is 0.339 e. The molecule has 0 radical (unpaired) electrons. The van der Waals surface area contributed by atoms with Gasteiger partial charge in [-0.3, -0.25) is 4.98 Å². The lowest BCUT2D eigenvalue weighted by Crippen LogP contribution is -2.06. The van der Waals surface area contributed by atoms with Crippen molar-refractivity contribution in [2.24, 2.45) is 0 Å². The van der Waals surface area contributed by atoms with Crippen LogP contribution < -0.4 is 0 Å². The van der Waals surface area contributed by atoms with Crippen molar-refractivity contribution in [3.63, 3.8) is 0 Å². The number of carboxylic acid groups (broad SMARTS) is 1. The van der Waals surface area contributed by atoms with E-state index in [9.17, 15) is 4.79 Å². The summed E-state index contributed by atoms with van der Waals surface area (Å²) >= 11 is 0. The molecule has 5 heteroatoms. The molecule has 2 aromatic rings. The van der Waals surface area contributed by atoms with E-state index in [1.807, 2.05) is 12.1 Å². The van der Waals surface area contributed by atoms with Gasteiger partial charge in [0.1, 0.15) is 0 Å². The van der Waals surface area contributed by atoms with E-state index in [1.165, 1.54) is 6.20 Å². The predicted octanol–water partition coefficient (Wildman–Crippen LogP) is 2.11. The molecule has 3 rings (SSSR count). The quantitative estimate of drug-likeness (QED) is 0.890. The van der Waals surface area contributed by atoms with Crippen molar-refractivity contribution in [3.05, 3.63) is 42.0 Å². The van der Waals surface area contributed by atoms with E-state index >= 15 is 0 Å². The van der Waals surface area contributed by atoms with Crippen molar-refractivity contribution in [1.82, 2.24) is 15.0 Å². The average molecular weight is 241 g/mol. The van der Waals surface area contributed by atoms with Gasteiger partial charge in [0.2, 0.25) is 0 Å². The van der Waals surface area contributed by atoms with Crippen molar-refractivity contribution in [3.8, 4) is 11.4 Å². The van der Waals surface area contributed by atoms with Gasteiger partial charge in [-0.1, -0.05) is 0 Å². The van der Waals surface area contributed by atoms with Gasteiger partial charge < -0.3 is 5.11 Å². The van der Waals surface area contributed by atoms with Crippen LogP contribution in [-0.2, 0) is 0 Å². The summed E-state index contributed by atoms with van der Waals surface area (Å²) in [6, 6.07) is 3.62. The van der Waals surface area contributed by atoms with Gasteiger partial charge in [-0.05, 0) is 25.0 Å². The Bertz CT molecular complexity index is 594. The van der Waals surface area contributed by atoms with Crippen LogP contribution in [0.3, 0.4) is 0 Å². The standard InChI is InChI=1S/C13H11N3O2/c17-13(18)10-7-15-12(9-3-5-14-6-4-9)16-11(10)8-1-2-8/h3-8H,1-2H2,(H,17,18). The highest BCUT2D eigenvalue weighted by molar-refractivity contribution is 5.89. The number of nitrogens with zero attached hydrogens (tertiary/aromatic N) is 3. The number of aromatic carboxylic acids is 1. The van der Waals surface area contributed by atoms with Crippen LogP contribution in [0.2, 0.25) is 0 Å². The Morgan fingerprint density at radius 1 is 1.28 bits per heavy atom. The number of hydrogen-bond donors (Lipinski definition) is 1. The second-order valence-corrected chi connectivity index (χ2v) is 4.31. The van der Waals surface area contributed by atoms with Gasteiger partial charge in [-0.25, -0.2) is 14.8 Å². The summed E-state index contributed by atoms with van der Waals surface area (Å²) < 4.78 is 0. The van der Waals surface area contributed by atoms with Gasteiger partial charge in [0.05, 0.1) is 11.3 Å². The second kappa shape index (κ2) is 4.18. The number of carboxylic acids is 1. The summed E-state index contributed by atoms with van der Waals surface area (Å²) in [5, 5.41) is 9.11. The van der Waals surface area contributed by atoms with E-state index in [2.05, 4.69) is 15.0 Å². The van der Waals surface area contributed by atoms with E-state index < -0.39 is 5.97 Å². The van der Waals surface area contributed by atoms with Gasteiger partial charge in [-0.15, -0.1) is 0 Å². The minimum atomic E-state index is -0.960. The lowest BCUT2D eigenvalue weighted by molar-refractivity contribution is 0.0694. The zero-order chi connectivity index (χ0) is 12.5. The summed E-state index contributed by atoms with van der Waals surface area (Å²) in [5.41, 5.74) is 1.73. The van der Waals surface area contributed by atoms with E-state index in [4.69, 9.17) is 5.11 Å². The minimum Gasteiger partial charge on any atom is -0.478 e. The molecule has 1 saturated carbocycles. The van der Waals surface area contributed by atoms with Gasteiger partial charge in [0, 0.05) is 30.1 Å². The first-order chi connectivity index (χ1) is 8.75. The molecule has 0 atom stereocenters. The molecule has 0 bridgehead atoms. The van der Waals surface area contributed by atoms with Gasteiger partial charge in [0.15, 0.2) is 5.82 Å². The fourth-order valence-corrected chi connectivity index (χ4v) is 1.87. The zero-order valence-electron chi connectivity index (χ0n) is 9.58. The van der Waals surface area contributed by atoms with E-state index in [0.717, 1.165) is 18.4 Å². The number of hydrogen-bond acceptors (Lipinski definition) is 4. The lowest BCUT2D eigenvalue weighted by atomic mass is 10.1. The SMILES string of the molecule is O=C(O)c1cnc(-c2ccncc2)nc1C1CC1. The molecule has 0 unspecified atom stereocenters. The highest BCUT2D eigenvalue weighted by Gasteiger charge is 2.30. The third kappa shape index (κ3) is 1.95. The Morgan fingerprint density at radius 2 is 2.00 bits per heavy atom. The Hall–Kier alpha value is -2.30. The molecule has 90 valence electrons. The first kappa shape index (κ1) is 10.8. The van der Waals surface area contributed by atoms with Crippen LogP contribution in [0, 0.1) is 0 Å². The number of aromatic nitrogens is 3. The molecule has 5 nitrogen and oxygen atoms in total. The molecule has 0 amide bonds. The van der Waals surface area contributed by atoms with Gasteiger partial charge in [0.25, 0.3) is 0 Å². The molecule has 1 fully saturated rings. The summed E-state index contributed by atoms with van der Waals surface area (Å²) in [6.45, 7) is 0. The van der Waals surface area contributed by atoms with Crippen molar-refractivity contribution in [1.29, 1.82) is 0 Å². The fourth-order valence-electron chi connectivity index (χ4n) is 1.87. The maximum atomic E-state index is 11.1. The monoisotopic (exact) mass is 241 g/mol. The van der Waals surface area contributed by atoms with Crippen LogP contribution in [0.1, 0.15) is 34.8 Å². The van der Waals surface area contributed by atoms with E-state index in [1.54, 1.807) is 12.4 Å². The summed E-state index contributed by atoms with van der Waals surface area (Å²) in [7, 11) is 0. The average Bonchev–Trinajstić information content (AvgIpc) is 3.23. The Balaban J connectivity index is 2.08. The van der Waals surface area contributed by atoms with Crippen molar-refractivity contribution in [2.45, 2.75) is 18.8 Å².